The van der Waals surface area contributed by atoms with Crippen molar-refractivity contribution in [3.8, 4) is 0 Å². The van der Waals surface area contributed by atoms with Crippen molar-refractivity contribution < 1.29 is 0 Å². The first-order valence-corrected chi connectivity index (χ1v) is 3.23. The predicted octanol–water partition coefficient (Wildman–Crippen LogP) is 0.323. The summed E-state index contributed by atoms with van der Waals surface area (Å²) < 4.78 is 0. The predicted molar refractivity (Wildman–Crippen MR) is 43.4 cm³/mol. The standard InChI is InChI=1S/C8H12N2/c1-2-8(10)6-4-3-5-7(8)9/h2-7H,1,9-10H2. The van der Waals surface area contributed by atoms with E-state index >= 15 is 0 Å². The van der Waals surface area contributed by atoms with E-state index in [9.17, 15) is 0 Å². The maximum Gasteiger partial charge on any atom is 0.0715 e. The molecule has 0 amide bonds. The molecule has 0 fully saturated rings. The Bertz CT molecular complexity index is 193. The molecule has 0 aliphatic heterocycles. The van der Waals surface area contributed by atoms with Crippen molar-refractivity contribution in [2.45, 2.75) is 11.6 Å². The molecular formula is C8H12N2. The van der Waals surface area contributed by atoms with E-state index in [0.717, 1.165) is 0 Å². The molecule has 2 atom stereocenters. The minimum atomic E-state index is -0.547. The Hall–Kier alpha value is -0.860. The van der Waals surface area contributed by atoms with Crippen molar-refractivity contribution in [1.82, 2.24) is 0 Å². The second-order valence-corrected chi connectivity index (χ2v) is 2.47. The minimum Gasteiger partial charge on any atom is -0.322 e. The first-order valence-electron chi connectivity index (χ1n) is 3.23. The van der Waals surface area contributed by atoms with Crippen LogP contribution in [-0.2, 0) is 0 Å². The summed E-state index contributed by atoms with van der Waals surface area (Å²) in [4.78, 5) is 0. The summed E-state index contributed by atoms with van der Waals surface area (Å²) in [7, 11) is 0. The molecule has 0 spiro atoms. The average Bonchev–Trinajstić information content (AvgIpc) is 1.96. The van der Waals surface area contributed by atoms with E-state index in [0.29, 0.717) is 0 Å². The van der Waals surface area contributed by atoms with Crippen LogP contribution < -0.4 is 11.5 Å². The number of allylic oxidation sites excluding steroid dienone is 2. The lowest BCUT2D eigenvalue weighted by Crippen LogP contribution is -2.51. The van der Waals surface area contributed by atoms with Crippen LogP contribution in [-0.4, -0.2) is 11.6 Å². The molecule has 0 aromatic rings. The van der Waals surface area contributed by atoms with Crippen LogP contribution in [0, 0.1) is 0 Å². The fourth-order valence-corrected chi connectivity index (χ4v) is 0.888. The van der Waals surface area contributed by atoms with E-state index < -0.39 is 5.54 Å². The van der Waals surface area contributed by atoms with E-state index in [1.165, 1.54) is 0 Å². The third-order valence-electron chi connectivity index (χ3n) is 1.75. The van der Waals surface area contributed by atoms with Gasteiger partial charge in [-0.15, -0.1) is 6.58 Å². The van der Waals surface area contributed by atoms with Crippen LogP contribution in [0.15, 0.2) is 37.0 Å². The fourth-order valence-electron chi connectivity index (χ4n) is 0.888. The molecule has 10 heavy (non-hydrogen) atoms. The Morgan fingerprint density at radius 3 is 2.60 bits per heavy atom. The van der Waals surface area contributed by atoms with Gasteiger partial charge in [0, 0.05) is 6.04 Å². The van der Waals surface area contributed by atoms with Gasteiger partial charge in [-0.1, -0.05) is 30.4 Å². The molecule has 0 saturated heterocycles. The van der Waals surface area contributed by atoms with Crippen molar-refractivity contribution in [3.05, 3.63) is 37.0 Å². The quantitative estimate of drug-likeness (QED) is 0.510. The van der Waals surface area contributed by atoms with E-state index in [2.05, 4.69) is 6.58 Å². The zero-order chi connectivity index (χ0) is 7.61. The molecule has 0 saturated carbocycles. The van der Waals surface area contributed by atoms with Crippen molar-refractivity contribution in [2.75, 3.05) is 0 Å². The van der Waals surface area contributed by atoms with Gasteiger partial charge >= 0.3 is 0 Å². The van der Waals surface area contributed by atoms with Crippen molar-refractivity contribution in [2.24, 2.45) is 11.5 Å². The Morgan fingerprint density at radius 2 is 2.20 bits per heavy atom. The molecule has 0 aromatic carbocycles. The highest BCUT2D eigenvalue weighted by atomic mass is 14.8. The molecule has 0 heterocycles. The Kier molecular flexibility index (Phi) is 1.74. The first kappa shape index (κ1) is 7.25. The molecular weight excluding hydrogens is 124 g/mol. The lowest BCUT2D eigenvalue weighted by molar-refractivity contribution is 0.572. The molecule has 0 bridgehead atoms. The monoisotopic (exact) mass is 136 g/mol. The van der Waals surface area contributed by atoms with Crippen molar-refractivity contribution >= 4 is 0 Å². The number of hydrogen-bond donors (Lipinski definition) is 2. The van der Waals surface area contributed by atoms with E-state index in [1.54, 1.807) is 6.08 Å². The second kappa shape index (κ2) is 2.40. The summed E-state index contributed by atoms with van der Waals surface area (Å²) >= 11 is 0. The molecule has 1 rings (SSSR count). The lowest BCUT2D eigenvalue weighted by Gasteiger charge is -2.28. The van der Waals surface area contributed by atoms with Crippen molar-refractivity contribution in [1.29, 1.82) is 0 Å². The van der Waals surface area contributed by atoms with E-state index in [-0.39, 0.29) is 6.04 Å². The Balaban J connectivity index is 2.87. The lowest BCUT2D eigenvalue weighted by atomic mass is 9.88. The maximum absolute atomic E-state index is 5.82. The minimum absolute atomic E-state index is 0.144. The maximum atomic E-state index is 5.82. The molecule has 4 N–H and O–H groups in total. The van der Waals surface area contributed by atoms with Crippen LogP contribution in [0.4, 0.5) is 0 Å². The van der Waals surface area contributed by atoms with Gasteiger partial charge in [0.1, 0.15) is 0 Å². The van der Waals surface area contributed by atoms with Crippen LogP contribution >= 0.6 is 0 Å². The van der Waals surface area contributed by atoms with Gasteiger partial charge in [-0.2, -0.15) is 0 Å². The van der Waals surface area contributed by atoms with E-state index in [1.807, 2.05) is 24.3 Å². The van der Waals surface area contributed by atoms with Crippen LogP contribution in [0.1, 0.15) is 0 Å². The van der Waals surface area contributed by atoms with Gasteiger partial charge in [-0.3, -0.25) is 0 Å². The van der Waals surface area contributed by atoms with Gasteiger partial charge in [-0.25, -0.2) is 0 Å². The number of nitrogens with two attached hydrogens (primary N) is 2. The van der Waals surface area contributed by atoms with Crippen LogP contribution in [0.2, 0.25) is 0 Å². The Labute approximate surface area is 60.9 Å². The van der Waals surface area contributed by atoms with Gasteiger partial charge in [0.05, 0.1) is 5.54 Å². The van der Waals surface area contributed by atoms with Crippen molar-refractivity contribution in [3.63, 3.8) is 0 Å². The number of rotatable bonds is 1. The SMILES string of the molecule is C=CC1(N)C=CC=CC1N. The van der Waals surface area contributed by atoms with Gasteiger partial charge in [0.15, 0.2) is 0 Å². The van der Waals surface area contributed by atoms with Gasteiger partial charge in [0.2, 0.25) is 0 Å². The highest BCUT2D eigenvalue weighted by Crippen LogP contribution is 2.13. The molecule has 0 radical (unpaired) electrons. The molecule has 0 aromatic heterocycles. The van der Waals surface area contributed by atoms with Crippen LogP contribution in [0.25, 0.3) is 0 Å². The van der Waals surface area contributed by atoms with Gasteiger partial charge in [-0.05, 0) is 0 Å². The average molecular weight is 136 g/mol. The fraction of sp³-hybridized carbons (Fsp3) is 0.250. The zero-order valence-corrected chi connectivity index (χ0v) is 5.83. The third-order valence-corrected chi connectivity index (χ3v) is 1.75. The number of hydrogen-bond acceptors (Lipinski definition) is 2. The van der Waals surface area contributed by atoms with Crippen LogP contribution in [0.3, 0.4) is 0 Å². The second-order valence-electron chi connectivity index (χ2n) is 2.47. The largest absolute Gasteiger partial charge is 0.322 e. The molecule has 2 unspecified atom stereocenters. The highest BCUT2D eigenvalue weighted by Gasteiger charge is 2.25. The molecule has 2 heteroatoms. The smallest absolute Gasteiger partial charge is 0.0715 e. The molecule has 54 valence electrons. The summed E-state index contributed by atoms with van der Waals surface area (Å²) in [6.07, 6.45) is 9.15. The summed E-state index contributed by atoms with van der Waals surface area (Å²) in [5.41, 5.74) is 11.0. The normalized spacial score (nSPS) is 38.0. The molecule has 2 nitrogen and oxygen atoms in total. The summed E-state index contributed by atoms with van der Waals surface area (Å²) in [6, 6.07) is -0.144. The van der Waals surface area contributed by atoms with Gasteiger partial charge < -0.3 is 11.5 Å². The highest BCUT2D eigenvalue weighted by molar-refractivity contribution is 5.31. The summed E-state index contributed by atoms with van der Waals surface area (Å²) in [5.74, 6) is 0. The topological polar surface area (TPSA) is 52.0 Å². The molecule has 1 aliphatic rings. The van der Waals surface area contributed by atoms with E-state index in [4.69, 9.17) is 11.5 Å². The summed E-state index contributed by atoms with van der Waals surface area (Å²) in [6.45, 7) is 3.62. The first-order chi connectivity index (χ1) is 4.69. The van der Waals surface area contributed by atoms with Gasteiger partial charge in [0.25, 0.3) is 0 Å². The van der Waals surface area contributed by atoms with Crippen LogP contribution in [0.5, 0.6) is 0 Å². The third kappa shape index (κ3) is 1.03. The summed E-state index contributed by atoms with van der Waals surface area (Å²) in [5, 5.41) is 0. The molecule has 1 aliphatic carbocycles. The zero-order valence-electron chi connectivity index (χ0n) is 5.83. The Morgan fingerprint density at radius 1 is 1.50 bits per heavy atom.